The minimum Gasteiger partial charge on any atom is -0.480 e. The Kier molecular flexibility index (Phi) is 4.06. The van der Waals surface area contributed by atoms with Crippen molar-refractivity contribution in [1.29, 1.82) is 0 Å². The summed E-state index contributed by atoms with van der Waals surface area (Å²) in [6.07, 6.45) is 1.66. The van der Waals surface area contributed by atoms with Crippen LogP contribution in [0.25, 0.3) is 0 Å². The Morgan fingerprint density at radius 2 is 2.07 bits per heavy atom. The topological polar surface area (TPSA) is 104 Å². The van der Waals surface area contributed by atoms with Crippen molar-refractivity contribution < 1.29 is 23.4 Å². The standard InChI is InChI=1S/C8H15NO5S/c10-4-3-7(8(11)12)9-15(13,14)5-6-1-2-6/h6-7,9-10H,1-5H2,(H,11,12). The molecule has 0 aliphatic heterocycles. The van der Waals surface area contributed by atoms with E-state index < -0.39 is 22.0 Å². The van der Waals surface area contributed by atoms with E-state index in [2.05, 4.69) is 4.72 Å². The van der Waals surface area contributed by atoms with Gasteiger partial charge in [0.05, 0.1) is 5.75 Å². The van der Waals surface area contributed by atoms with Gasteiger partial charge < -0.3 is 10.2 Å². The Hall–Kier alpha value is -0.660. The third kappa shape index (κ3) is 4.59. The first-order chi connectivity index (χ1) is 6.94. The molecule has 1 unspecified atom stereocenters. The highest BCUT2D eigenvalue weighted by atomic mass is 32.2. The Morgan fingerprint density at radius 3 is 2.47 bits per heavy atom. The van der Waals surface area contributed by atoms with Gasteiger partial charge in [-0.1, -0.05) is 0 Å². The molecule has 1 saturated carbocycles. The molecule has 3 N–H and O–H groups in total. The molecule has 1 aliphatic rings. The SMILES string of the molecule is O=C(O)C(CCO)NS(=O)(=O)CC1CC1. The quantitative estimate of drug-likeness (QED) is 0.535. The van der Waals surface area contributed by atoms with Gasteiger partial charge in [-0.15, -0.1) is 0 Å². The van der Waals surface area contributed by atoms with E-state index in [4.69, 9.17) is 10.2 Å². The summed E-state index contributed by atoms with van der Waals surface area (Å²) in [5, 5.41) is 17.3. The molecule has 0 heterocycles. The molecule has 1 rings (SSSR count). The number of sulfonamides is 1. The van der Waals surface area contributed by atoms with Gasteiger partial charge in [-0.05, 0) is 25.2 Å². The van der Waals surface area contributed by atoms with Crippen LogP contribution in [0.2, 0.25) is 0 Å². The number of aliphatic hydroxyl groups excluding tert-OH is 1. The first-order valence-electron chi connectivity index (χ1n) is 4.78. The fourth-order valence-corrected chi connectivity index (χ4v) is 2.92. The summed E-state index contributed by atoms with van der Waals surface area (Å²) in [6.45, 7) is -0.358. The van der Waals surface area contributed by atoms with Crippen molar-refractivity contribution in [1.82, 2.24) is 4.72 Å². The molecule has 0 aromatic carbocycles. The summed E-state index contributed by atoms with van der Waals surface area (Å²) in [5.41, 5.74) is 0. The van der Waals surface area contributed by atoms with Gasteiger partial charge in [-0.25, -0.2) is 13.1 Å². The molecule has 15 heavy (non-hydrogen) atoms. The predicted molar refractivity (Wildman–Crippen MR) is 52.8 cm³/mol. The van der Waals surface area contributed by atoms with Crippen molar-refractivity contribution in [2.75, 3.05) is 12.4 Å². The number of hydrogen-bond acceptors (Lipinski definition) is 4. The summed E-state index contributed by atoms with van der Waals surface area (Å²) in [7, 11) is -3.53. The van der Waals surface area contributed by atoms with Gasteiger partial charge in [0.1, 0.15) is 6.04 Å². The average molecular weight is 237 g/mol. The monoisotopic (exact) mass is 237 g/mol. The first-order valence-corrected chi connectivity index (χ1v) is 6.43. The Bertz CT molecular complexity index is 322. The lowest BCUT2D eigenvalue weighted by Gasteiger charge is -2.13. The fraction of sp³-hybridized carbons (Fsp3) is 0.875. The van der Waals surface area contributed by atoms with Crippen LogP contribution in [0.4, 0.5) is 0 Å². The average Bonchev–Trinajstić information content (AvgIpc) is 2.86. The van der Waals surface area contributed by atoms with Gasteiger partial charge in [0.25, 0.3) is 0 Å². The zero-order chi connectivity index (χ0) is 11.5. The van der Waals surface area contributed by atoms with Crippen LogP contribution >= 0.6 is 0 Å². The van der Waals surface area contributed by atoms with Crippen molar-refractivity contribution in [3.8, 4) is 0 Å². The van der Waals surface area contributed by atoms with E-state index in [1.165, 1.54) is 0 Å². The molecule has 7 heteroatoms. The Morgan fingerprint density at radius 1 is 1.47 bits per heavy atom. The predicted octanol–water partition coefficient (Wildman–Crippen LogP) is -0.849. The van der Waals surface area contributed by atoms with Crippen LogP contribution < -0.4 is 4.72 Å². The van der Waals surface area contributed by atoms with Gasteiger partial charge in [0.15, 0.2) is 0 Å². The summed E-state index contributed by atoms with van der Waals surface area (Å²) in [5.74, 6) is -1.10. The van der Waals surface area contributed by atoms with Crippen molar-refractivity contribution in [3.63, 3.8) is 0 Å². The summed E-state index contributed by atoms with van der Waals surface area (Å²) >= 11 is 0. The molecule has 1 fully saturated rings. The highest BCUT2D eigenvalue weighted by Gasteiger charge is 2.30. The van der Waals surface area contributed by atoms with E-state index in [0.717, 1.165) is 12.8 Å². The summed E-state index contributed by atoms with van der Waals surface area (Å²) in [6, 6.07) is -1.22. The third-order valence-corrected chi connectivity index (χ3v) is 3.74. The minimum atomic E-state index is -3.53. The smallest absolute Gasteiger partial charge is 0.321 e. The maximum Gasteiger partial charge on any atom is 0.321 e. The van der Waals surface area contributed by atoms with Crippen LogP contribution in [0.5, 0.6) is 0 Å². The van der Waals surface area contributed by atoms with E-state index >= 15 is 0 Å². The van der Waals surface area contributed by atoms with Crippen molar-refractivity contribution in [2.24, 2.45) is 5.92 Å². The second kappa shape index (κ2) is 4.91. The molecule has 0 amide bonds. The molecular formula is C8H15NO5S. The van der Waals surface area contributed by atoms with Crippen molar-refractivity contribution in [3.05, 3.63) is 0 Å². The molecule has 0 aromatic rings. The molecule has 0 radical (unpaired) electrons. The number of aliphatic hydroxyl groups is 1. The maximum absolute atomic E-state index is 11.4. The molecule has 6 nitrogen and oxygen atoms in total. The number of carboxylic acid groups (broad SMARTS) is 1. The van der Waals surface area contributed by atoms with Gasteiger partial charge in [-0.2, -0.15) is 0 Å². The molecule has 88 valence electrons. The van der Waals surface area contributed by atoms with Crippen LogP contribution in [-0.4, -0.2) is 43.0 Å². The highest BCUT2D eigenvalue weighted by Crippen LogP contribution is 2.30. The molecule has 0 spiro atoms. The molecular weight excluding hydrogens is 222 g/mol. The Labute approximate surface area is 88.3 Å². The third-order valence-electron chi connectivity index (χ3n) is 2.19. The van der Waals surface area contributed by atoms with E-state index in [1.54, 1.807) is 0 Å². The number of nitrogens with one attached hydrogen (secondary N) is 1. The van der Waals surface area contributed by atoms with Crippen LogP contribution in [0.1, 0.15) is 19.3 Å². The van der Waals surface area contributed by atoms with Crippen molar-refractivity contribution in [2.45, 2.75) is 25.3 Å². The lowest BCUT2D eigenvalue weighted by molar-refractivity contribution is -0.139. The summed E-state index contributed by atoms with van der Waals surface area (Å²) in [4.78, 5) is 10.6. The van der Waals surface area contributed by atoms with Gasteiger partial charge in [0, 0.05) is 6.61 Å². The largest absolute Gasteiger partial charge is 0.480 e. The van der Waals surface area contributed by atoms with E-state index in [-0.39, 0.29) is 24.7 Å². The normalized spacial score (nSPS) is 18.7. The van der Waals surface area contributed by atoms with Gasteiger partial charge in [0.2, 0.25) is 10.0 Å². The molecule has 0 bridgehead atoms. The zero-order valence-corrected chi connectivity index (χ0v) is 9.03. The number of carboxylic acids is 1. The Balaban J connectivity index is 2.51. The van der Waals surface area contributed by atoms with E-state index in [1.807, 2.05) is 0 Å². The lowest BCUT2D eigenvalue weighted by Crippen LogP contribution is -2.42. The zero-order valence-electron chi connectivity index (χ0n) is 8.22. The highest BCUT2D eigenvalue weighted by molar-refractivity contribution is 7.89. The number of carbonyl (C=O) groups is 1. The fourth-order valence-electron chi connectivity index (χ4n) is 1.22. The second-order valence-corrected chi connectivity index (χ2v) is 5.54. The number of aliphatic carboxylic acids is 1. The van der Waals surface area contributed by atoms with Gasteiger partial charge in [-0.3, -0.25) is 4.79 Å². The molecule has 0 aromatic heterocycles. The number of rotatable bonds is 7. The molecule has 1 atom stereocenters. The molecule has 1 aliphatic carbocycles. The van der Waals surface area contributed by atoms with Gasteiger partial charge >= 0.3 is 5.97 Å². The van der Waals surface area contributed by atoms with Crippen LogP contribution in [-0.2, 0) is 14.8 Å². The lowest BCUT2D eigenvalue weighted by atomic mass is 10.2. The van der Waals surface area contributed by atoms with Crippen LogP contribution in [0, 0.1) is 5.92 Å². The maximum atomic E-state index is 11.4. The second-order valence-electron chi connectivity index (χ2n) is 3.75. The van der Waals surface area contributed by atoms with E-state index in [0.29, 0.717) is 0 Å². The minimum absolute atomic E-state index is 0.0117. The summed E-state index contributed by atoms with van der Waals surface area (Å²) < 4.78 is 24.9. The number of hydrogen-bond donors (Lipinski definition) is 3. The van der Waals surface area contributed by atoms with Crippen LogP contribution in [0.15, 0.2) is 0 Å². The molecule has 0 saturated heterocycles. The van der Waals surface area contributed by atoms with Crippen LogP contribution in [0.3, 0.4) is 0 Å². The first kappa shape index (κ1) is 12.4. The van der Waals surface area contributed by atoms with E-state index in [9.17, 15) is 13.2 Å². The van der Waals surface area contributed by atoms with Crippen molar-refractivity contribution >= 4 is 16.0 Å².